The van der Waals surface area contributed by atoms with Gasteiger partial charge in [-0.1, -0.05) is 0 Å². The summed E-state index contributed by atoms with van der Waals surface area (Å²) in [4.78, 5) is 0. The molecule has 0 saturated carbocycles. The minimum absolute atomic E-state index is 0.0417. The lowest BCUT2D eigenvalue weighted by Crippen LogP contribution is -2.23. The Hall–Kier alpha value is -0.0600. The van der Waals surface area contributed by atoms with Crippen molar-refractivity contribution in [3.05, 3.63) is 24.2 Å². The lowest BCUT2D eigenvalue weighted by Gasteiger charge is -2.34. The molecule has 0 aliphatic carbocycles. The predicted molar refractivity (Wildman–Crippen MR) is 61.6 cm³/mol. The summed E-state index contributed by atoms with van der Waals surface area (Å²) in [6, 6.07) is 2.01. The predicted octanol–water partition coefficient (Wildman–Crippen LogP) is 2.68. The highest BCUT2D eigenvalue weighted by molar-refractivity contribution is 8.18. The smallest absolute Gasteiger partial charge is 0.0957 e. The summed E-state index contributed by atoms with van der Waals surface area (Å²) in [6.07, 6.45) is 5.59. The SMILES string of the molecule is OCCC1(c2ccoc2)SCCCS1. The molecule has 1 aliphatic heterocycles. The summed E-state index contributed by atoms with van der Waals surface area (Å²) >= 11 is 3.87. The second-order valence-electron chi connectivity index (χ2n) is 3.29. The van der Waals surface area contributed by atoms with Crippen molar-refractivity contribution in [3.63, 3.8) is 0 Å². The molecule has 1 aliphatic rings. The summed E-state index contributed by atoms with van der Waals surface area (Å²) in [5.41, 5.74) is 1.21. The number of hydrogen-bond acceptors (Lipinski definition) is 4. The van der Waals surface area contributed by atoms with E-state index in [0.717, 1.165) is 6.42 Å². The fraction of sp³-hybridized carbons (Fsp3) is 0.600. The summed E-state index contributed by atoms with van der Waals surface area (Å²) in [6.45, 7) is 0.241. The normalized spacial score (nSPS) is 20.9. The van der Waals surface area contributed by atoms with E-state index in [0.29, 0.717) is 0 Å². The van der Waals surface area contributed by atoms with Crippen molar-refractivity contribution in [2.75, 3.05) is 18.1 Å². The Morgan fingerprint density at radius 1 is 1.43 bits per heavy atom. The van der Waals surface area contributed by atoms with E-state index in [1.54, 1.807) is 12.5 Å². The van der Waals surface area contributed by atoms with Gasteiger partial charge in [0.15, 0.2) is 0 Å². The van der Waals surface area contributed by atoms with Crippen molar-refractivity contribution in [2.24, 2.45) is 0 Å². The zero-order valence-electron chi connectivity index (χ0n) is 7.94. The van der Waals surface area contributed by atoms with Crippen molar-refractivity contribution in [3.8, 4) is 0 Å². The molecule has 2 rings (SSSR count). The van der Waals surface area contributed by atoms with Crippen LogP contribution in [0.2, 0.25) is 0 Å². The molecule has 0 atom stereocenters. The van der Waals surface area contributed by atoms with Gasteiger partial charge in [0, 0.05) is 12.2 Å². The lowest BCUT2D eigenvalue weighted by molar-refractivity contribution is 0.283. The zero-order chi connectivity index (χ0) is 9.86. The molecule has 1 saturated heterocycles. The third-order valence-electron chi connectivity index (χ3n) is 2.36. The quantitative estimate of drug-likeness (QED) is 0.865. The standard InChI is InChI=1S/C10H14O2S2/c11-4-3-10(9-2-5-12-8-9)13-6-1-7-14-10/h2,5,8,11H,1,3-4,6-7H2. The Bertz CT molecular complexity index is 260. The van der Waals surface area contributed by atoms with Gasteiger partial charge >= 0.3 is 0 Å². The first-order valence-electron chi connectivity index (χ1n) is 4.79. The van der Waals surface area contributed by atoms with E-state index in [1.165, 1.54) is 23.5 Å². The highest BCUT2D eigenvalue weighted by Crippen LogP contribution is 2.52. The van der Waals surface area contributed by atoms with Gasteiger partial charge < -0.3 is 9.52 Å². The van der Waals surface area contributed by atoms with Gasteiger partial charge in [-0.05, 0) is 30.4 Å². The summed E-state index contributed by atoms with van der Waals surface area (Å²) in [5, 5.41) is 9.13. The molecule has 1 N–H and O–H groups in total. The number of rotatable bonds is 3. The van der Waals surface area contributed by atoms with Gasteiger partial charge in [-0.3, -0.25) is 0 Å². The van der Waals surface area contributed by atoms with Crippen LogP contribution in [0.15, 0.2) is 23.0 Å². The molecule has 2 nitrogen and oxygen atoms in total. The van der Waals surface area contributed by atoms with Crippen LogP contribution in [0.4, 0.5) is 0 Å². The molecule has 0 aromatic carbocycles. The van der Waals surface area contributed by atoms with Gasteiger partial charge in [-0.2, -0.15) is 0 Å². The summed E-state index contributed by atoms with van der Waals surface area (Å²) in [7, 11) is 0. The van der Waals surface area contributed by atoms with Crippen LogP contribution in [0, 0.1) is 0 Å². The molecule has 0 bridgehead atoms. The third-order valence-corrected chi connectivity index (χ3v) is 5.87. The topological polar surface area (TPSA) is 33.4 Å². The Labute approximate surface area is 92.5 Å². The molecule has 1 aromatic rings. The van der Waals surface area contributed by atoms with E-state index in [-0.39, 0.29) is 10.7 Å². The maximum absolute atomic E-state index is 9.13. The van der Waals surface area contributed by atoms with Gasteiger partial charge in [0.25, 0.3) is 0 Å². The van der Waals surface area contributed by atoms with Crippen LogP contribution in [0.3, 0.4) is 0 Å². The van der Waals surface area contributed by atoms with Gasteiger partial charge in [0.05, 0.1) is 16.6 Å². The van der Waals surface area contributed by atoms with Crippen LogP contribution in [0.25, 0.3) is 0 Å². The Kier molecular flexibility index (Phi) is 3.47. The molecular formula is C10H14O2S2. The van der Waals surface area contributed by atoms with Crippen LogP contribution >= 0.6 is 23.5 Å². The number of furan rings is 1. The molecule has 2 heterocycles. The minimum Gasteiger partial charge on any atom is -0.472 e. The van der Waals surface area contributed by atoms with E-state index < -0.39 is 0 Å². The van der Waals surface area contributed by atoms with Crippen molar-refractivity contribution in [1.29, 1.82) is 0 Å². The maximum atomic E-state index is 9.13. The fourth-order valence-corrected chi connectivity index (χ4v) is 4.95. The third kappa shape index (κ3) is 1.97. The summed E-state index contributed by atoms with van der Waals surface area (Å²) in [5.74, 6) is 2.36. The van der Waals surface area contributed by atoms with E-state index in [9.17, 15) is 0 Å². The highest BCUT2D eigenvalue weighted by Gasteiger charge is 2.35. The first-order valence-corrected chi connectivity index (χ1v) is 6.76. The Morgan fingerprint density at radius 2 is 2.21 bits per heavy atom. The molecule has 0 unspecified atom stereocenters. The Morgan fingerprint density at radius 3 is 2.79 bits per heavy atom. The molecule has 14 heavy (non-hydrogen) atoms. The maximum Gasteiger partial charge on any atom is 0.0957 e. The number of aliphatic hydroxyl groups is 1. The van der Waals surface area contributed by atoms with Crippen LogP contribution in [-0.4, -0.2) is 23.2 Å². The van der Waals surface area contributed by atoms with Gasteiger partial charge in [0.2, 0.25) is 0 Å². The summed E-state index contributed by atoms with van der Waals surface area (Å²) < 4.78 is 5.17. The number of thioether (sulfide) groups is 2. The van der Waals surface area contributed by atoms with Crippen molar-refractivity contribution in [1.82, 2.24) is 0 Å². The Balaban J connectivity index is 2.20. The van der Waals surface area contributed by atoms with Crippen LogP contribution in [-0.2, 0) is 4.08 Å². The first-order chi connectivity index (χ1) is 6.87. The van der Waals surface area contributed by atoms with E-state index in [4.69, 9.17) is 9.52 Å². The molecule has 1 aromatic heterocycles. The van der Waals surface area contributed by atoms with Gasteiger partial charge in [-0.15, -0.1) is 23.5 Å². The minimum atomic E-state index is 0.0417. The van der Waals surface area contributed by atoms with Crippen molar-refractivity contribution < 1.29 is 9.52 Å². The highest BCUT2D eigenvalue weighted by atomic mass is 32.2. The molecule has 78 valence electrons. The zero-order valence-corrected chi connectivity index (χ0v) is 9.57. The van der Waals surface area contributed by atoms with E-state index >= 15 is 0 Å². The monoisotopic (exact) mass is 230 g/mol. The van der Waals surface area contributed by atoms with E-state index in [2.05, 4.69) is 0 Å². The van der Waals surface area contributed by atoms with Crippen LogP contribution < -0.4 is 0 Å². The lowest BCUT2D eigenvalue weighted by atomic mass is 10.2. The van der Waals surface area contributed by atoms with Crippen molar-refractivity contribution >= 4 is 23.5 Å². The van der Waals surface area contributed by atoms with Gasteiger partial charge in [0.1, 0.15) is 0 Å². The van der Waals surface area contributed by atoms with Crippen molar-refractivity contribution in [2.45, 2.75) is 16.9 Å². The average molecular weight is 230 g/mol. The van der Waals surface area contributed by atoms with Crippen LogP contribution in [0.5, 0.6) is 0 Å². The molecule has 0 amide bonds. The molecular weight excluding hydrogens is 216 g/mol. The number of hydrogen-bond donors (Lipinski definition) is 1. The first kappa shape index (κ1) is 10.5. The average Bonchev–Trinajstić information content (AvgIpc) is 2.73. The second kappa shape index (κ2) is 4.64. The molecule has 0 spiro atoms. The van der Waals surface area contributed by atoms with Gasteiger partial charge in [-0.25, -0.2) is 0 Å². The number of aliphatic hydroxyl groups excluding tert-OH is 1. The van der Waals surface area contributed by atoms with E-state index in [1.807, 2.05) is 29.6 Å². The largest absolute Gasteiger partial charge is 0.472 e. The molecule has 1 fully saturated rings. The fourth-order valence-electron chi connectivity index (χ4n) is 1.66. The van der Waals surface area contributed by atoms with Crippen LogP contribution in [0.1, 0.15) is 18.4 Å². The molecule has 4 heteroatoms. The molecule has 0 radical (unpaired) electrons. The second-order valence-corrected chi connectivity index (χ2v) is 6.34.